The van der Waals surface area contributed by atoms with E-state index >= 15 is 0 Å². The fraction of sp³-hybridized carbons (Fsp3) is 0.562. The molecule has 21 heavy (non-hydrogen) atoms. The van der Waals surface area contributed by atoms with Crippen molar-refractivity contribution in [2.45, 2.75) is 33.2 Å². The van der Waals surface area contributed by atoms with Gasteiger partial charge < -0.3 is 20.1 Å². The smallest absolute Gasteiger partial charge is 0.317 e. The molecule has 2 N–H and O–H groups in total. The molecule has 0 saturated carbocycles. The number of hydrogen-bond donors (Lipinski definition) is 2. The first-order chi connectivity index (χ1) is 10.1. The number of aliphatic carboxylic acids is 1. The Labute approximate surface area is 126 Å². The maximum atomic E-state index is 10.5. The van der Waals surface area contributed by atoms with E-state index < -0.39 is 5.97 Å². The number of hydrogen-bond acceptors (Lipinski definition) is 4. The van der Waals surface area contributed by atoms with E-state index in [4.69, 9.17) is 9.84 Å². The van der Waals surface area contributed by atoms with Crippen molar-refractivity contribution in [3.63, 3.8) is 0 Å². The van der Waals surface area contributed by atoms with Gasteiger partial charge in [0.2, 0.25) is 0 Å². The highest BCUT2D eigenvalue weighted by Crippen LogP contribution is 2.29. The first kappa shape index (κ1) is 17.3. The van der Waals surface area contributed by atoms with Gasteiger partial charge in [-0.05, 0) is 30.5 Å². The number of nitrogens with zero attached hydrogens (tertiary/aromatic N) is 1. The lowest BCUT2D eigenvalue weighted by Gasteiger charge is -2.26. The Bertz CT molecular complexity index is 443. The number of rotatable bonds is 10. The summed E-state index contributed by atoms with van der Waals surface area (Å²) in [5.74, 6) is -0.0119. The summed E-state index contributed by atoms with van der Waals surface area (Å²) >= 11 is 0. The summed E-state index contributed by atoms with van der Waals surface area (Å²) < 4.78 is 5.50. The van der Waals surface area contributed by atoms with Crippen molar-refractivity contribution < 1.29 is 14.6 Å². The molecule has 0 aliphatic rings. The number of carboxylic acid groups (broad SMARTS) is 1. The first-order valence-corrected chi connectivity index (χ1v) is 7.46. The van der Waals surface area contributed by atoms with Crippen LogP contribution in [0.15, 0.2) is 18.2 Å². The summed E-state index contributed by atoms with van der Waals surface area (Å²) in [7, 11) is 1.67. The monoisotopic (exact) mass is 294 g/mol. The highest BCUT2D eigenvalue weighted by atomic mass is 16.5. The van der Waals surface area contributed by atoms with Crippen LogP contribution in [0.5, 0.6) is 5.75 Å². The summed E-state index contributed by atoms with van der Waals surface area (Å²) in [6.07, 6.45) is 2.18. The largest absolute Gasteiger partial charge is 0.495 e. The van der Waals surface area contributed by atoms with E-state index in [0.29, 0.717) is 6.54 Å². The van der Waals surface area contributed by atoms with Crippen LogP contribution in [-0.4, -0.2) is 37.8 Å². The topological polar surface area (TPSA) is 61.8 Å². The molecule has 0 saturated heterocycles. The molecule has 0 aliphatic heterocycles. The second kappa shape index (κ2) is 9.23. The van der Waals surface area contributed by atoms with Gasteiger partial charge >= 0.3 is 5.97 Å². The van der Waals surface area contributed by atoms with Gasteiger partial charge in [0, 0.05) is 19.6 Å². The lowest BCUT2D eigenvalue weighted by Crippen LogP contribution is -2.25. The third-order valence-corrected chi connectivity index (χ3v) is 3.18. The molecule has 0 unspecified atom stereocenters. The second-order valence-corrected chi connectivity index (χ2v) is 4.99. The standard InChI is InChI=1S/C16H26N2O3/c1-4-8-18(9-5-2)14-7-6-13(10-15(14)21-3)11-17-12-16(19)20/h6-7,10,17H,4-5,8-9,11-12H2,1-3H3,(H,19,20). The van der Waals surface area contributed by atoms with Crippen molar-refractivity contribution in [3.8, 4) is 5.75 Å². The molecule has 0 fully saturated rings. The van der Waals surface area contributed by atoms with Crippen LogP contribution in [0.4, 0.5) is 5.69 Å². The van der Waals surface area contributed by atoms with E-state index in [2.05, 4.69) is 30.1 Å². The average Bonchev–Trinajstić information content (AvgIpc) is 2.46. The predicted molar refractivity (Wildman–Crippen MR) is 85.1 cm³/mol. The number of carbonyl (C=O) groups is 1. The van der Waals surface area contributed by atoms with Gasteiger partial charge in [0.1, 0.15) is 5.75 Å². The Balaban J connectivity index is 2.83. The maximum Gasteiger partial charge on any atom is 0.317 e. The molecule has 5 heteroatoms. The Morgan fingerprint density at radius 1 is 1.29 bits per heavy atom. The Morgan fingerprint density at radius 2 is 1.95 bits per heavy atom. The lowest BCUT2D eigenvalue weighted by molar-refractivity contribution is -0.135. The lowest BCUT2D eigenvalue weighted by atomic mass is 10.1. The highest BCUT2D eigenvalue weighted by molar-refractivity contribution is 5.69. The fourth-order valence-corrected chi connectivity index (χ4v) is 2.30. The van der Waals surface area contributed by atoms with Crippen molar-refractivity contribution in [2.24, 2.45) is 0 Å². The number of ether oxygens (including phenoxy) is 1. The zero-order chi connectivity index (χ0) is 15.7. The minimum atomic E-state index is -0.851. The summed E-state index contributed by atoms with van der Waals surface area (Å²) in [5.41, 5.74) is 2.12. The van der Waals surface area contributed by atoms with Crippen LogP contribution in [0, 0.1) is 0 Å². The Kier molecular flexibility index (Phi) is 7.61. The maximum absolute atomic E-state index is 10.5. The summed E-state index contributed by atoms with van der Waals surface area (Å²) in [4.78, 5) is 12.8. The van der Waals surface area contributed by atoms with Gasteiger partial charge in [0.15, 0.2) is 0 Å². The third-order valence-electron chi connectivity index (χ3n) is 3.18. The van der Waals surface area contributed by atoms with E-state index in [1.165, 1.54) is 0 Å². The number of benzene rings is 1. The normalized spacial score (nSPS) is 10.4. The minimum Gasteiger partial charge on any atom is -0.495 e. The fourth-order valence-electron chi connectivity index (χ4n) is 2.30. The number of methoxy groups -OCH3 is 1. The van der Waals surface area contributed by atoms with Crippen LogP contribution < -0.4 is 15.0 Å². The van der Waals surface area contributed by atoms with Crippen LogP contribution in [0.1, 0.15) is 32.3 Å². The minimum absolute atomic E-state index is 0.0398. The average molecular weight is 294 g/mol. The summed E-state index contributed by atoms with van der Waals surface area (Å²) in [6.45, 7) is 6.81. The molecule has 5 nitrogen and oxygen atoms in total. The first-order valence-electron chi connectivity index (χ1n) is 7.46. The quantitative estimate of drug-likeness (QED) is 0.694. The molecule has 0 heterocycles. The third kappa shape index (κ3) is 5.63. The van der Waals surface area contributed by atoms with Gasteiger partial charge in [-0.2, -0.15) is 0 Å². The highest BCUT2D eigenvalue weighted by Gasteiger charge is 2.11. The van der Waals surface area contributed by atoms with E-state index in [-0.39, 0.29) is 6.54 Å². The van der Waals surface area contributed by atoms with E-state index in [0.717, 1.165) is 42.9 Å². The predicted octanol–water partition coefficient (Wildman–Crippen LogP) is 2.50. The van der Waals surface area contributed by atoms with Crippen molar-refractivity contribution in [1.82, 2.24) is 5.32 Å². The molecule has 0 atom stereocenters. The van der Waals surface area contributed by atoms with Crippen molar-refractivity contribution in [1.29, 1.82) is 0 Å². The zero-order valence-corrected chi connectivity index (χ0v) is 13.2. The Hall–Kier alpha value is -1.75. The molecule has 0 radical (unpaired) electrons. The molecule has 0 amide bonds. The molecular weight excluding hydrogens is 268 g/mol. The number of nitrogens with one attached hydrogen (secondary N) is 1. The van der Waals surface area contributed by atoms with Gasteiger partial charge in [-0.25, -0.2) is 0 Å². The van der Waals surface area contributed by atoms with Crippen LogP contribution in [0.3, 0.4) is 0 Å². The van der Waals surface area contributed by atoms with Crippen molar-refractivity contribution in [2.75, 3.05) is 31.6 Å². The molecule has 118 valence electrons. The molecule has 0 bridgehead atoms. The molecule has 0 aromatic heterocycles. The molecule has 1 aromatic carbocycles. The van der Waals surface area contributed by atoms with E-state index in [1.54, 1.807) is 7.11 Å². The van der Waals surface area contributed by atoms with Gasteiger partial charge in [0.25, 0.3) is 0 Å². The van der Waals surface area contributed by atoms with Crippen LogP contribution in [0.2, 0.25) is 0 Å². The molecular formula is C16H26N2O3. The zero-order valence-electron chi connectivity index (χ0n) is 13.2. The SMILES string of the molecule is CCCN(CCC)c1ccc(CNCC(=O)O)cc1OC. The summed E-state index contributed by atoms with van der Waals surface area (Å²) in [6, 6.07) is 6.05. The molecule has 1 aromatic rings. The van der Waals surface area contributed by atoms with Crippen molar-refractivity contribution in [3.05, 3.63) is 23.8 Å². The van der Waals surface area contributed by atoms with Crippen molar-refractivity contribution >= 4 is 11.7 Å². The molecule has 0 spiro atoms. The number of carboxylic acids is 1. The van der Waals surface area contributed by atoms with E-state index in [9.17, 15) is 4.79 Å². The van der Waals surface area contributed by atoms with Gasteiger partial charge in [-0.1, -0.05) is 19.9 Å². The van der Waals surface area contributed by atoms with Crippen LogP contribution in [-0.2, 0) is 11.3 Å². The van der Waals surface area contributed by atoms with Gasteiger partial charge in [-0.15, -0.1) is 0 Å². The Morgan fingerprint density at radius 3 is 2.48 bits per heavy atom. The van der Waals surface area contributed by atoms with Gasteiger partial charge in [0.05, 0.1) is 19.3 Å². The summed E-state index contributed by atoms with van der Waals surface area (Å²) in [5, 5.41) is 11.5. The molecule has 0 aliphatic carbocycles. The second-order valence-electron chi connectivity index (χ2n) is 4.99. The van der Waals surface area contributed by atoms with E-state index in [1.807, 2.05) is 12.1 Å². The van der Waals surface area contributed by atoms with Crippen LogP contribution in [0.25, 0.3) is 0 Å². The molecule has 1 rings (SSSR count). The van der Waals surface area contributed by atoms with Crippen LogP contribution >= 0.6 is 0 Å². The van der Waals surface area contributed by atoms with Gasteiger partial charge in [-0.3, -0.25) is 4.79 Å². The number of anilines is 1.